The molecule has 6 nitrogen and oxygen atoms in total. The molecule has 0 aliphatic carbocycles. The fraction of sp³-hybridized carbons (Fsp3) is 0.375. The molecule has 1 atom stereocenters. The summed E-state index contributed by atoms with van der Waals surface area (Å²) >= 11 is 0. The van der Waals surface area contributed by atoms with Gasteiger partial charge in [0.25, 0.3) is 0 Å². The molecule has 1 N–H and O–H groups in total. The molecule has 0 spiro atoms. The quantitative estimate of drug-likeness (QED) is 0.834. The van der Waals surface area contributed by atoms with Gasteiger partial charge in [0.1, 0.15) is 5.75 Å². The van der Waals surface area contributed by atoms with Crippen molar-refractivity contribution in [2.45, 2.75) is 10.9 Å². The number of methoxy groups -OCH3 is 1. The van der Waals surface area contributed by atoms with E-state index < -0.39 is 10.0 Å². The molecule has 0 aliphatic heterocycles. The van der Waals surface area contributed by atoms with Crippen LogP contribution in [0.4, 0.5) is 0 Å². The van der Waals surface area contributed by atoms with Gasteiger partial charge in [-0.25, -0.2) is 13.1 Å². The minimum Gasteiger partial charge on any atom is -0.497 e. The molecular formula is C16H23N3O3S. The Morgan fingerprint density at radius 1 is 1.22 bits per heavy atom. The van der Waals surface area contributed by atoms with Crippen molar-refractivity contribution >= 4 is 10.0 Å². The van der Waals surface area contributed by atoms with E-state index >= 15 is 0 Å². The molecule has 1 aromatic heterocycles. The van der Waals surface area contributed by atoms with Crippen molar-refractivity contribution < 1.29 is 13.2 Å². The maximum absolute atomic E-state index is 12.4. The fourth-order valence-corrected chi connectivity index (χ4v) is 3.44. The molecule has 23 heavy (non-hydrogen) atoms. The SMILES string of the molecule is COc1ccc(S(=O)(=O)NCC(c2cccn2C)N(C)C)cc1. The normalized spacial score (nSPS) is 13.3. The Bertz CT molecular complexity index is 736. The first kappa shape index (κ1) is 17.5. The second kappa shape index (κ2) is 7.16. The van der Waals surface area contributed by atoms with Crippen LogP contribution in [-0.4, -0.2) is 45.6 Å². The fourth-order valence-electron chi connectivity index (χ4n) is 2.40. The lowest BCUT2D eigenvalue weighted by Crippen LogP contribution is -2.35. The number of aryl methyl sites for hydroxylation is 1. The number of hydrogen-bond donors (Lipinski definition) is 1. The molecule has 0 saturated carbocycles. The summed E-state index contributed by atoms with van der Waals surface area (Å²) in [5.41, 5.74) is 1.05. The van der Waals surface area contributed by atoms with Crippen molar-refractivity contribution in [3.05, 3.63) is 48.3 Å². The number of sulfonamides is 1. The number of ether oxygens (including phenoxy) is 1. The number of aromatic nitrogens is 1. The summed E-state index contributed by atoms with van der Waals surface area (Å²) in [4.78, 5) is 2.22. The molecule has 0 bridgehead atoms. The molecule has 0 amide bonds. The largest absolute Gasteiger partial charge is 0.497 e. The minimum absolute atomic E-state index is 0.0528. The highest BCUT2D eigenvalue weighted by atomic mass is 32.2. The maximum Gasteiger partial charge on any atom is 0.240 e. The second-order valence-electron chi connectivity index (χ2n) is 5.55. The van der Waals surface area contributed by atoms with Gasteiger partial charge in [0.2, 0.25) is 10.0 Å². The van der Waals surface area contributed by atoms with E-state index in [-0.39, 0.29) is 10.9 Å². The zero-order valence-electron chi connectivity index (χ0n) is 13.9. The van der Waals surface area contributed by atoms with E-state index in [1.54, 1.807) is 19.2 Å². The molecule has 1 aromatic carbocycles. The second-order valence-corrected chi connectivity index (χ2v) is 7.32. The molecule has 0 aliphatic rings. The van der Waals surface area contributed by atoms with E-state index in [1.165, 1.54) is 12.1 Å². The third-order valence-corrected chi connectivity index (χ3v) is 5.22. The summed E-state index contributed by atoms with van der Waals surface area (Å²) in [5, 5.41) is 0. The third-order valence-electron chi connectivity index (χ3n) is 3.79. The first-order valence-corrected chi connectivity index (χ1v) is 8.75. The van der Waals surface area contributed by atoms with Gasteiger partial charge in [0.05, 0.1) is 18.0 Å². The van der Waals surface area contributed by atoms with Gasteiger partial charge in [-0.1, -0.05) is 0 Å². The first-order valence-electron chi connectivity index (χ1n) is 7.26. The van der Waals surface area contributed by atoms with Gasteiger partial charge in [0, 0.05) is 25.5 Å². The Labute approximate surface area is 137 Å². The van der Waals surface area contributed by atoms with E-state index in [9.17, 15) is 8.42 Å². The molecule has 0 radical (unpaired) electrons. The average molecular weight is 337 g/mol. The summed E-state index contributed by atoms with van der Waals surface area (Å²) in [6, 6.07) is 10.2. The van der Waals surface area contributed by atoms with E-state index in [0.29, 0.717) is 12.3 Å². The van der Waals surface area contributed by atoms with Crippen LogP contribution in [0.25, 0.3) is 0 Å². The highest BCUT2D eigenvalue weighted by Crippen LogP contribution is 2.19. The Morgan fingerprint density at radius 3 is 2.35 bits per heavy atom. The van der Waals surface area contributed by atoms with Crippen LogP contribution in [0.2, 0.25) is 0 Å². The molecule has 2 aromatic rings. The topological polar surface area (TPSA) is 63.6 Å². The van der Waals surface area contributed by atoms with Crippen molar-refractivity contribution in [1.82, 2.24) is 14.2 Å². The molecule has 1 unspecified atom stereocenters. The predicted molar refractivity (Wildman–Crippen MR) is 90.0 cm³/mol. The van der Waals surface area contributed by atoms with Gasteiger partial charge in [-0.3, -0.25) is 4.90 Å². The van der Waals surface area contributed by atoms with Crippen LogP contribution in [0, 0.1) is 0 Å². The smallest absolute Gasteiger partial charge is 0.240 e. The van der Waals surface area contributed by atoms with Gasteiger partial charge in [-0.15, -0.1) is 0 Å². The molecular weight excluding hydrogens is 314 g/mol. The lowest BCUT2D eigenvalue weighted by molar-refractivity contribution is 0.289. The molecule has 126 valence electrons. The highest BCUT2D eigenvalue weighted by molar-refractivity contribution is 7.89. The van der Waals surface area contributed by atoms with Crippen LogP contribution < -0.4 is 9.46 Å². The van der Waals surface area contributed by atoms with Gasteiger partial charge in [0.15, 0.2) is 0 Å². The third kappa shape index (κ3) is 4.13. The molecule has 7 heteroatoms. The number of hydrogen-bond acceptors (Lipinski definition) is 4. The highest BCUT2D eigenvalue weighted by Gasteiger charge is 2.21. The van der Waals surface area contributed by atoms with Gasteiger partial charge in [-0.05, 0) is 50.5 Å². The van der Waals surface area contributed by atoms with E-state index in [4.69, 9.17) is 4.74 Å². The summed E-state index contributed by atoms with van der Waals surface area (Å²) < 4.78 is 34.6. The van der Waals surface area contributed by atoms with Crippen LogP contribution in [0.5, 0.6) is 5.75 Å². The molecule has 0 fully saturated rings. The van der Waals surface area contributed by atoms with Gasteiger partial charge in [-0.2, -0.15) is 0 Å². The minimum atomic E-state index is -3.56. The zero-order valence-corrected chi connectivity index (χ0v) is 14.7. The Kier molecular flexibility index (Phi) is 5.46. The zero-order chi connectivity index (χ0) is 17.0. The van der Waals surface area contributed by atoms with E-state index in [2.05, 4.69) is 4.72 Å². The maximum atomic E-state index is 12.4. The summed E-state index contributed by atoms with van der Waals surface area (Å²) in [7, 11) is 3.79. The van der Waals surface area contributed by atoms with Crippen LogP contribution in [-0.2, 0) is 17.1 Å². The van der Waals surface area contributed by atoms with Crippen molar-refractivity contribution in [2.24, 2.45) is 7.05 Å². The van der Waals surface area contributed by atoms with Crippen LogP contribution in [0.1, 0.15) is 11.7 Å². The Morgan fingerprint density at radius 2 is 1.87 bits per heavy atom. The van der Waals surface area contributed by atoms with Crippen LogP contribution >= 0.6 is 0 Å². The van der Waals surface area contributed by atoms with E-state index in [1.807, 2.05) is 48.9 Å². The van der Waals surface area contributed by atoms with Gasteiger partial charge >= 0.3 is 0 Å². The van der Waals surface area contributed by atoms with Crippen molar-refractivity contribution in [1.29, 1.82) is 0 Å². The lowest BCUT2D eigenvalue weighted by Gasteiger charge is -2.25. The average Bonchev–Trinajstić information content (AvgIpc) is 2.93. The molecule has 1 heterocycles. The van der Waals surface area contributed by atoms with Crippen LogP contribution in [0.3, 0.4) is 0 Å². The lowest BCUT2D eigenvalue weighted by atomic mass is 10.2. The standard InChI is InChI=1S/C16H23N3O3S/c1-18(2)16(15-6-5-11-19(15)3)12-17-23(20,21)14-9-7-13(22-4)8-10-14/h5-11,16-17H,12H2,1-4H3. The number of likely N-dealkylation sites (N-methyl/N-ethyl adjacent to an activating group) is 1. The Balaban J connectivity index is 2.14. The van der Waals surface area contributed by atoms with Crippen molar-refractivity contribution in [3.63, 3.8) is 0 Å². The number of benzene rings is 1. The summed E-state index contributed by atoms with van der Waals surface area (Å²) in [6.07, 6.45) is 1.95. The number of nitrogens with one attached hydrogen (secondary N) is 1. The summed E-state index contributed by atoms with van der Waals surface area (Å²) in [5.74, 6) is 0.624. The monoisotopic (exact) mass is 337 g/mol. The van der Waals surface area contributed by atoms with Crippen molar-refractivity contribution in [3.8, 4) is 5.75 Å². The number of rotatable bonds is 7. The van der Waals surface area contributed by atoms with Gasteiger partial charge < -0.3 is 9.30 Å². The van der Waals surface area contributed by atoms with E-state index in [0.717, 1.165) is 5.69 Å². The summed E-state index contributed by atoms with van der Waals surface area (Å²) in [6.45, 7) is 0.291. The number of nitrogens with zero attached hydrogens (tertiary/aromatic N) is 2. The van der Waals surface area contributed by atoms with Crippen molar-refractivity contribution in [2.75, 3.05) is 27.7 Å². The Hall–Kier alpha value is -1.83. The first-order chi connectivity index (χ1) is 10.8. The predicted octanol–water partition coefficient (Wildman–Crippen LogP) is 1.61. The molecule has 2 rings (SSSR count). The van der Waals surface area contributed by atoms with Crippen LogP contribution in [0.15, 0.2) is 47.5 Å². The molecule has 0 saturated heterocycles.